The molecule has 1 aliphatic carbocycles. The molecule has 104 valence electrons. The van der Waals surface area contributed by atoms with Gasteiger partial charge < -0.3 is 9.15 Å². The van der Waals surface area contributed by atoms with Gasteiger partial charge in [-0.05, 0) is 38.3 Å². The van der Waals surface area contributed by atoms with Crippen LogP contribution in [-0.4, -0.2) is 10.0 Å². The van der Waals surface area contributed by atoms with Crippen LogP contribution < -0.4 is 10.4 Å². The lowest BCUT2D eigenvalue weighted by Crippen LogP contribution is -2.42. The fourth-order valence-corrected chi connectivity index (χ4v) is 4.67. The van der Waals surface area contributed by atoms with Crippen LogP contribution in [0.15, 0.2) is 27.4 Å². The lowest BCUT2D eigenvalue weighted by Gasteiger charge is -2.40. The van der Waals surface area contributed by atoms with Gasteiger partial charge in [-0.15, -0.1) is 0 Å². The van der Waals surface area contributed by atoms with E-state index in [0.717, 1.165) is 41.5 Å². The van der Waals surface area contributed by atoms with Crippen LogP contribution in [-0.2, 0) is 0 Å². The molecule has 2 bridgehead atoms. The highest BCUT2D eigenvalue weighted by atomic mass is 127. The van der Waals surface area contributed by atoms with Crippen molar-refractivity contribution < 1.29 is 9.15 Å². The summed E-state index contributed by atoms with van der Waals surface area (Å²) >= 11 is 2.43. The quantitative estimate of drug-likeness (QED) is 0.394. The normalized spacial score (nSPS) is 28.0. The summed E-state index contributed by atoms with van der Waals surface area (Å²) < 4.78 is 12.1. The third kappa shape index (κ3) is 1.73. The molecule has 2 aliphatic rings. The summed E-state index contributed by atoms with van der Waals surface area (Å²) in [5.74, 6) is 1.06. The Kier molecular flexibility index (Phi) is 2.84. The van der Waals surface area contributed by atoms with Gasteiger partial charge in [0.05, 0.1) is 14.9 Å². The Bertz CT molecular complexity index is 749. The standard InChI is InChI=1S/C16H15IO3/c1-8-5-6-11-10(7-8)15-13(16(18)20-11)9-3-2-4-12(19-15)14(9)17/h5-7,9,12,14H,2-4H2,1H3/t9-,12-,14+/m1/s1. The SMILES string of the molecule is Cc1ccc2oc(=O)c3c(c2c1)O[C@@H]1CCC[C@H]3[C@@H]1I. The topological polar surface area (TPSA) is 39.4 Å². The van der Waals surface area contributed by atoms with Gasteiger partial charge in [-0.2, -0.15) is 0 Å². The molecular formula is C16H15IO3. The maximum atomic E-state index is 12.4. The van der Waals surface area contributed by atoms with E-state index < -0.39 is 0 Å². The number of hydrogen-bond acceptors (Lipinski definition) is 3. The summed E-state index contributed by atoms with van der Waals surface area (Å²) in [5, 5.41) is 0.944. The van der Waals surface area contributed by atoms with E-state index in [1.165, 1.54) is 0 Å². The van der Waals surface area contributed by atoms with Crippen LogP contribution in [0, 0.1) is 6.92 Å². The van der Waals surface area contributed by atoms with Gasteiger partial charge in [0.1, 0.15) is 17.4 Å². The minimum atomic E-state index is -0.219. The summed E-state index contributed by atoms with van der Waals surface area (Å²) in [5.41, 5.74) is 2.32. The first-order chi connectivity index (χ1) is 9.65. The molecule has 1 aromatic heterocycles. The van der Waals surface area contributed by atoms with Gasteiger partial charge in [0.25, 0.3) is 0 Å². The molecule has 1 aromatic carbocycles. The summed E-state index contributed by atoms with van der Waals surface area (Å²) in [4.78, 5) is 12.4. The third-order valence-electron chi connectivity index (χ3n) is 4.43. The summed E-state index contributed by atoms with van der Waals surface area (Å²) in [7, 11) is 0. The third-order valence-corrected chi connectivity index (χ3v) is 6.10. The van der Waals surface area contributed by atoms with Gasteiger partial charge in [0.2, 0.25) is 0 Å². The fraction of sp³-hybridized carbons (Fsp3) is 0.438. The minimum absolute atomic E-state index is 0.219. The number of benzene rings is 1. The van der Waals surface area contributed by atoms with Gasteiger partial charge in [-0.1, -0.05) is 34.2 Å². The first-order valence-electron chi connectivity index (χ1n) is 7.03. The number of halogens is 1. The van der Waals surface area contributed by atoms with Crippen molar-refractivity contribution in [2.24, 2.45) is 0 Å². The zero-order valence-electron chi connectivity index (χ0n) is 11.2. The maximum Gasteiger partial charge on any atom is 0.343 e. The zero-order valence-corrected chi connectivity index (χ0v) is 13.3. The molecule has 1 aliphatic heterocycles. The molecule has 20 heavy (non-hydrogen) atoms. The number of alkyl halides is 1. The molecule has 0 radical (unpaired) electrons. The van der Waals surface area contributed by atoms with Gasteiger partial charge in [0, 0.05) is 5.92 Å². The molecule has 0 unspecified atom stereocenters. The van der Waals surface area contributed by atoms with Crippen LogP contribution in [0.3, 0.4) is 0 Å². The molecule has 1 saturated carbocycles. The molecule has 4 rings (SSSR count). The lowest BCUT2D eigenvalue weighted by atomic mass is 9.80. The lowest BCUT2D eigenvalue weighted by molar-refractivity contribution is 0.132. The van der Waals surface area contributed by atoms with Crippen molar-refractivity contribution in [2.75, 3.05) is 0 Å². The Hall–Kier alpha value is -1.04. The Balaban J connectivity index is 2.06. The predicted octanol–water partition coefficient (Wildman–Crippen LogP) is 3.93. The van der Waals surface area contributed by atoms with Crippen LogP contribution >= 0.6 is 22.6 Å². The van der Waals surface area contributed by atoms with Crippen LogP contribution in [0.4, 0.5) is 0 Å². The fourth-order valence-electron chi connectivity index (χ4n) is 3.44. The first-order valence-corrected chi connectivity index (χ1v) is 8.28. The van der Waals surface area contributed by atoms with Crippen LogP contribution in [0.2, 0.25) is 0 Å². The maximum absolute atomic E-state index is 12.4. The van der Waals surface area contributed by atoms with E-state index in [9.17, 15) is 4.79 Å². The molecule has 3 nitrogen and oxygen atoms in total. The smallest absolute Gasteiger partial charge is 0.343 e. The van der Waals surface area contributed by atoms with E-state index in [2.05, 4.69) is 28.7 Å². The van der Waals surface area contributed by atoms with E-state index in [4.69, 9.17) is 9.15 Å². The van der Waals surface area contributed by atoms with Crippen LogP contribution in [0.5, 0.6) is 5.75 Å². The van der Waals surface area contributed by atoms with Gasteiger partial charge in [-0.3, -0.25) is 0 Å². The molecule has 1 fully saturated rings. The highest BCUT2D eigenvalue weighted by Gasteiger charge is 2.42. The average molecular weight is 382 g/mol. The average Bonchev–Trinajstić information content (AvgIpc) is 2.40. The Morgan fingerprint density at radius 1 is 1.30 bits per heavy atom. The number of fused-ring (bicyclic) bond motifs is 6. The second-order valence-corrected chi connectivity index (χ2v) is 7.21. The second-order valence-electron chi connectivity index (χ2n) is 5.77. The molecule has 2 aromatic rings. The number of hydrogen-bond donors (Lipinski definition) is 0. The zero-order chi connectivity index (χ0) is 13.9. The molecule has 3 atom stereocenters. The van der Waals surface area contributed by atoms with Crippen molar-refractivity contribution in [1.82, 2.24) is 0 Å². The monoisotopic (exact) mass is 382 g/mol. The molecule has 0 N–H and O–H groups in total. The van der Waals surface area contributed by atoms with Crippen molar-refractivity contribution in [3.8, 4) is 5.75 Å². The van der Waals surface area contributed by atoms with Crippen LogP contribution in [0.25, 0.3) is 11.0 Å². The number of aryl methyl sites for hydroxylation is 1. The molecule has 4 heteroatoms. The van der Waals surface area contributed by atoms with Gasteiger partial charge in [-0.25, -0.2) is 4.79 Å². The van der Waals surface area contributed by atoms with Gasteiger partial charge in [0.15, 0.2) is 0 Å². The number of ether oxygens (including phenoxy) is 1. The Morgan fingerprint density at radius 3 is 3.00 bits per heavy atom. The summed E-state index contributed by atoms with van der Waals surface area (Å²) in [6.45, 7) is 2.04. The molecular weight excluding hydrogens is 367 g/mol. The predicted molar refractivity (Wildman–Crippen MR) is 86.0 cm³/mol. The van der Waals surface area contributed by atoms with E-state index >= 15 is 0 Å². The van der Waals surface area contributed by atoms with E-state index in [1.54, 1.807) is 0 Å². The van der Waals surface area contributed by atoms with Gasteiger partial charge >= 0.3 is 5.63 Å². The van der Waals surface area contributed by atoms with Crippen molar-refractivity contribution >= 4 is 33.6 Å². The Labute approximate surface area is 130 Å². The highest BCUT2D eigenvalue weighted by Crippen LogP contribution is 2.48. The number of rotatable bonds is 0. The Morgan fingerprint density at radius 2 is 2.15 bits per heavy atom. The van der Waals surface area contributed by atoms with Crippen molar-refractivity contribution in [3.63, 3.8) is 0 Å². The van der Waals surface area contributed by atoms with E-state index in [-0.39, 0.29) is 17.6 Å². The summed E-state index contributed by atoms with van der Waals surface area (Å²) in [6.07, 6.45) is 3.49. The van der Waals surface area contributed by atoms with Crippen LogP contribution in [0.1, 0.15) is 36.3 Å². The summed E-state index contributed by atoms with van der Waals surface area (Å²) in [6, 6.07) is 5.88. The minimum Gasteiger partial charge on any atom is -0.488 e. The molecule has 2 heterocycles. The van der Waals surface area contributed by atoms with E-state index in [0.29, 0.717) is 9.51 Å². The van der Waals surface area contributed by atoms with Crippen molar-refractivity contribution in [2.45, 2.75) is 42.1 Å². The highest BCUT2D eigenvalue weighted by molar-refractivity contribution is 14.1. The van der Waals surface area contributed by atoms with E-state index in [1.807, 2.05) is 19.1 Å². The second kappa shape index (κ2) is 4.48. The molecule has 0 spiro atoms. The largest absolute Gasteiger partial charge is 0.488 e. The van der Waals surface area contributed by atoms with Crippen molar-refractivity contribution in [1.29, 1.82) is 0 Å². The molecule has 0 amide bonds. The van der Waals surface area contributed by atoms with Crippen molar-refractivity contribution in [3.05, 3.63) is 39.7 Å². The molecule has 0 saturated heterocycles. The first kappa shape index (κ1) is 12.7.